The minimum absolute atomic E-state index is 0.0666. The first kappa shape index (κ1) is 23.7. The van der Waals surface area contributed by atoms with Crippen LogP contribution in [0.2, 0.25) is 5.02 Å². The van der Waals surface area contributed by atoms with Crippen LogP contribution in [0, 0.1) is 5.82 Å². The van der Waals surface area contributed by atoms with Crippen molar-refractivity contribution in [2.45, 2.75) is 26.2 Å². The quantitative estimate of drug-likeness (QED) is 0.553. The minimum Gasteiger partial charge on any atom is -0.494 e. The van der Waals surface area contributed by atoms with E-state index in [4.69, 9.17) is 16.3 Å². The maximum Gasteiger partial charge on any atom is 0.255 e. The first-order valence-corrected chi connectivity index (χ1v) is 11.0. The molecule has 1 aliphatic heterocycles. The van der Waals surface area contributed by atoms with Gasteiger partial charge >= 0.3 is 0 Å². The van der Waals surface area contributed by atoms with Gasteiger partial charge in [0.25, 0.3) is 5.91 Å². The summed E-state index contributed by atoms with van der Waals surface area (Å²) in [5.74, 6) is -0.289. The standard InChI is InChI=1S/C24H26ClFN2O4/c1-2-15-32-19-6-3-17(4-7-19)22(29)9-10-23(30)27-11-13-28(14-12-27)24(31)20-8-5-18(26)16-21(20)25/h3-8,16H,2,9-15H2,1H3. The average molecular weight is 461 g/mol. The van der Waals surface area contributed by atoms with Crippen LogP contribution in [0.15, 0.2) is 42.5 Å². The lowest BCUT2D eigenvalue weighted by Crippen LogP contribution is -2.50. The lowest BCUT2D eigenvalue weighted by atomic mass is 10.1. The fourth-order valence-corrected chi connectivity index (χ4v) is 3.72. The molecule has 0 saturated carbocycles. The third-order valence-electron chi connectivity index (χ3n) is 5.30. The van der Waals surface area contributed by atoms with Gasteiger partial charge in [-0.05, 0) is 48.9 Å². The van der Waals surface area contributed by atoms with Crippen LogP contribution in [0.5, 0.6) is 5.75 Å². The van der Waals surface area contributed by atoms with Crippen LogP contribution < -0.4 is 4.74 Å². The van der Waals surface area contributed by atoms with E-state index in [9.17, 15) is 18.8 Å². The summed E-state index contributed by atoms with van der Waals surface area (Å²) in [5, 5.41) is 0.0666. The van der Waals surface area contributed by atoms with Crippen LogP contribution in [0.4, 0.5) is 4.39 Å². The van der Waals surface area contributed by atoms with E-state index in [0.717, 1.165) is 12.5 Å². The van der Waals surface area contributed by atoms with Crippen LogP contribution in [-0.4, -0.2) is 60.2 Å². The summed E-state index contributed by atoms with van der Waals surface area (Å²) < 4.78 is 18.7. The molecule has 1 aliphatic rings. The number of ketones is 1. The van der Waals surface area contributed by atoms with Crippen molar-refractivity contribution in [1.29, 1.82) is 0 Å². The lowest BCUT2D eigenvalue weighted by Gasteiger charge is -2.35. The largest absolute Gasteiger partial charge is 0.494 e. The maximum atomic E-state index is 13.2. The Bertz CT molecular complexity index is 972. The zero-order chi connectivity index (χ0) is 23.1. The van der Waals surface area contributed by atoms with Crippen molar-refractivity contribution in [3.63, 3.8) is 0 Å². The smallest absolute Gasteiger partial charge is 0.255 e. The van der Waals surface area contributed by atoms with Crippen LogP contribution >= 0.6 is 11.6 Å². The first-order valence-electron chi connectivity index (χ1n) is 10.7. The molecule has 1 saturated heterocycles. The number of ether oxygens (including phenoxy) is 1. The summed E-state index contributed by atoms with van der Waals surface area (Å²) in [7, 11) is 0. The van der Waals surface area contributed by atoms with Gasteiger partial charge in [0, 0.05) is 44.6 Å². The normalized spacial score (nSPS) is 13.7. The van der Waals surface area contributed by atoms with Crippen molar-refractivity contribution >= 4 is 29.2 Å². The number of rotatable bonds is 8. The second-order valence-corrected chi connectivity index (χ2v) is 8.00. The summed E-state index contributed by atoms with van der Waals surface area (Å²) in [6.07, 6.45) is 1.15. The van der Waals surface area contributed by atoms with Gasteiger partial charge in [0.05, 0.1) is 17.2 Å². The number of hydrogen-bond acceptors (Lipinski definition) is 4. The van der Waals surface area contributed by atoms with Crippen LogP contribution in [0.1, 0.15) is 46.9 Å². The summed E-state index contributed by atoms with van der Waals surface area (Å²) in [6.45, 7) is 4.10. The van der Waals surface area contributed by atoms with Crippen molar-refractivity contribution < 1.29 is 23.5 Å². The minimum atomic E-state index is -0.503. The number of piperazine rings is 1. The van der Waals surface area contributed by atoms with Crippen molar-refractivity contribution in [2.75, 3.05) is 32.8 Å². The van der Waals surface area contributed by atoms with E-state index in [2.05, 4.69) is 0 Å². The molecule has 2 aromatic rings. The molecule has 0 unspecified atom stereocenters. The van der Waals surface area contributed by atoms with E-state index in [0.29, 0.717) is 44.1 Å². The van der Waals surface area contributed by atoms with Crippen molar-refractivity contribution in [3.05, 3.63) is 64.4 Å². The highest BCUT2D eigenvalue weighted by Crippen LogP contribution is 2.20. The van der Waals surface area contributed by atoms with Gasteiger partial charge in [-0.2, -0.15) is 0 Å². The molecule has 2 amide bonds. The number of nitrogens with zero attached hydrogens (tertiary/aromatic N) is 2. The van der Waals surface area contributed by atoms with Crippen LogP contribution in [-0.2, 0) is 4.79 Å². The predicted octanol–water partition coefficient (Wildman–Crippen LogP) is 4.22. The second kappa shape index (κ2) is 11.1. The van der Waals surface area contributed by atoms with E-state index < -0.39 is 5.82 Å². The molecule has 170 valence electrons. The van der Waals surface area contributed by atoms with Gasteiger partial charge in [0.2, 0.25) is 5.91 Å². The molecule has 0 N–H and O–H groups in total. The number of carbonyl (C=O) groups excluding carboxylic acids is 3. The van der Waals surface area contributed by atoms with Crippen LogP contribution in [0.25, 0.3) is 0 Å². The Morgan fingerprint density at radius 1 is 0.969 bits per heavy atom. The zero-order valence-corrected chi connectivity index (χ0v) is 18.7. The topological polar surface area (TPSA) is 66.9 Å². The fourth-order valence-electron chi connectivity index (χ4n) is 3.47. The van der Waals surface area contributed by atoms with Crippen LogP contribution in [0.3, 0.4) is 0 Å². The second-order valence-electron chi connectivity index (χ2n) is 7.59. The molecular weight excluding hydrogens is 435 g/mol. The Morgan fingerprint density at radius 3 is 2.25 bits per heavy atom. The average Bonchev–Trinajstić information content (AvgIpc) is 2.81. The Hall–Kier alpha value is -2.93. The van der Waals surface area contributed by atoms with Gasteiger partial charge < -0.3 is 14.5 Å². The van der Waals surface area contributed by atoms with E-state index in [1.54, 1.807) is 34.1 Å². The van der Waals surface area contributed by atoms with Gasteiger partial charge in [-0.3, -0.25) is 14.4 Å². The molecule has 1 heterocycles. The molecule has 0 spiro atoms. The number of halogens is 2. The first-order chi connectivity index (χ1) is 15.4. The van der Waals surface area contributed by atoms with E-state index in [1.165, 1.54) is 12.1 Å². The third kappa shape index (κ3) is 6.07. The Balaban J connectivity index is 1.46. The molecule has 2 aromatic carbocycles. The number of benzene rings is 2. The molecule has 0 aliphatic carbocycles. The fraction of sp³-hybridized carbons (Fsp3) is 0.375. The molecule has 0 atom stereocenters. The van der Waals surface area contributed by atoms with E-state index in [1.807, 2.05) is 6.92 Å². The van der Waals surface area contributed by atoms with Gasteiger partial charge in [-0.1, -0.05) is 18.5 Å². The number of carbonyl (C=O) groups is 3. The van der Waals surface area contributed by atoms with E-state index in [-0.39, 0.29) is 41.0 Å². The Kier molecular flexibility index (Phi) is 8.22. The summed E-state index contributed by atoms with van der Waals surface area (Å²) >= 11 is 5.98. The highest BCUT2D eigenvalue weighted by atomic mass is 35.5. The number of amides is 2. The molecule has 0 radical (unpaired) electrons. The lowest BCUT2D eigenvalue weighted by molar-refractivity contribution is -0.132. The highest BCUT2D eigenvalue weighted by Gasteiger charge is 2.26. The third-order valence-corrected chi connectivity index (χ3v) is 5.61. The zero-order valence-electron chi connectivity index (χ0n) is 18.0. The molecular formula is C24H26ClFN2O4. The molecule has 0 aromatic heterocycles. The SMILES string of the molecule is CCCOc1ccc(C(=O)CCC(=O)N2CCN(C(=O)c3ccc(F)cc3Cl)CC2)cc1. The molecule has 32 heavy (non-hydrogen) atoms. The summed E-state index contributed by atoms with van der Waals surface area (Å²) in [4.78, 5) is 40.8. The number of Topliss-reactive ketones (excluding diaryl/α,β-unsaturated/α-hetero) is 1. The van der Waals surface area contributed by atoms with Crippen molar-refractivity contribution in [1.82, 2.24) is 9.80 Å². The molecule has 3 rings (SSSR count). The van der Waals surface area contributed by atoms with Gasteiger partial charge in [0.1, 0.15) is 11.6 Å². The monoisotopic (exact) mass is 460 g/mol. The summed E-state index contributed by atoms with van der Waals surface area (Å²) in [6, 6.07) is 10.6. The number of hydrogen-bond donors (Lipinski definition) is 0. The van der Waals surface area contributed by atoms with E-state index >= 15 is 0 Å². The molecule has 0 bridgehead atoms. The van der Waals surface area contributed by atoms with Gasteiger partial charge in [-0.15, -0.1) is 0 Å². The Morgan fingerprint density at radius 2 is 1.62 bits per heavy atom. The van der Waals surface area contributed by atoms with Crippen molar-refractivity contribution in [3.8, 4) is 5.75 Å². The highest BCUT2D eigenvalue weighted by molar-refractivity contribution is 6.33. The van der Waals surface area contributed by atoms with Gasteiger partial charge in [0.15, 0.2) is 5.78 Å². The predicted molar refractivity (Wildman–Crippen MR) is 120 cm³/mol. The summed E-state index contributed by atoms with van der Waals surface area (Å²) in [5.41, 5.74) is 0.790. The Labute approximate surface area is 191 Å². The maximum absolute atomic E-state index is 13.2. The van der Waals surface area contributed by atoms with Crippen molar-refractivity contribution in [2.24, 2.45) is 0 Å². The van der Waals surface area contributed by atoms with Gasteiger partial charge in [-0.25, -0.2) is 4.39 Å². The molecule has 6 nitrogen and oxygen atoms in total. The molecule has 8 heteroatoms. The molecule has 1 fully saturated rings.